The summed E-state index contributed by atoms with van der Waals surface area (Å²) in [5, 5.41) is 0. The molecule has 7 heavy (non-hydrogen) atoms. The number of hydrogen-bond acceptors (Lipinski definition) is 2. The summed E-state index contributed by atoms with van der Waals surface area (Å²) in [5.74, 6) is 0. The molecule has 0 aliphatic carbocycles. The van der Waals surface area contributed by atoms with Crippen LogP contribution in [0.2, 0.25) is 0 Å². The van der Waals surface area contributed by atoms with Crippen LogP contribution >= 0.6 is 0 Å². The first-order valence-corrected chi connectivity index (χ1v) is 3.22. The number of hydrogen-bond donors (Lipinski definition) is 0. The molecule has 5 heteroatoms. The maximum absolute atomic E-state index is 9.83. The molecule has 1 radical (unpaired) electrons. The minimum Gasteiger partial charge on any atom is -0.552 e. The Balaban J connectivity index is 0. The van der Waals surface area contributed by atoms with E-state index in [1.807, 2.05) is 0 Å². The van der Waals surface area contributed by atoms with Crippen molar-refractivity contribution >= 4 is 10.0 Å². The largest absolute Gasteiger partial charge is 2.00 e. The fourth-order valence-corrected chi connectivity index (χ4v) is 0. The van der Waals surface area contributed by atoms with Crippen molar-refractivity contribution in [2.24, 2.45) is 0 Å². The quantitative estimate of drug-likeness (QED) is 0.570. The molecule has 0 aromatic heterocycles. The van der Waals surface area contributed by atoms with Crippen LogP contribution in [0.25, 0.3) is 4.72 Å². The Labute approximate surface area is 56.3 Å². The summed E-state index contributed by atoms with van der Waals surface area (Å²) in [6.45, 7) is 0. The van der Waals surface area contributed by atoms with Crippen LogP contribution < -0.4 is 0 Å². The molecule has 0 bridgehead atoms. The maximum atomic E-state index is 9.83. The molecule has 0 heterocycles. The molecule has 0 aromatic rings. The van der Waals surface area contributed by atoms with E-state index in [2.05, 4.69) is 4.72 Å². The van der Waals surface area contributed by atoms with E-state index in [1.165, 1.54) is 7.05 Å². The van der Waals surface area contributed by atoms with Gasteiger partial charge in [0.2, 0.25) is 0 Å². The Morgan fingerprint density at radius 3 is 1.57 bits per heavy atom. The van der Waals surface area contributed by atoms with Crippen LogP contribution in [0.3, 0.4) is 0 Å². The van der Waals surface area contributed by atoms with Gasteiger partial charge in [-0.25, -0.2) is 8.42 Å². The summed E-state index contributed by atoms with van der Waals surface area (Å²) < 4.78 is 22.7. The molecule has 0 unspecified atom stereocenters. The molecule has 0 N–H and O–H groups in total. The number of rotatable bonds is 1. The van der Waals surface area contributed by atoms with Crippen LogP contribution in [0.1, 0.15) is 0 Å². The van der Waals surface area contributed by atoms with Gasteiger partial charge in [0.25, 0.3) is 0 Å². The van der Waals surface area contributed by atoms with E-state index >= 15 is 0 Å². The molecular weight excluding hydrogens is 205 g/mol. The standard InChI is InChI=1S/C2H6NO2S.Rh/c1-3-6(2,4)5;/h1-2H3;/q-1;+2. The molecule has 0 saturated carbocycles. The second-order valence-corrected chi connectivity index (χ2v) is 2.75. The summed E-state index contributed by atoms with van der Waals surface area (Å²) in [7, 11) is -1.79. The Kier molecular flexibility index (Phi) is 5.29. The van der Waals surface area contributed by atoms with E-state index in [9.17, 15) is 8.42 Å². The molecule has 0 amide bonds. The van der Waals surface area contributed by atoms with Crippen LogP contribution in [0, 0.1) is 0 Å². The van der Waals surface area contributed by atoms with Crippen LogP contribution in [-0.4, -0.2) is 21.7 Å². The van der Waals surface area contributed by atoms with Gasteiger partial charge >= 0.3 is 19.5 Å². The zero-order valence-corrected chi connectivity index (χ0v) is 6.46. The third-order valence-electron chi connectivity index (χ3n) is 0.332. The van der Waals surface area contributed by atoms with Crippen molar-refractivity contribution in [1.29, 1.82) is 0 Å². The molecule has 0 atom stereocenters. The molecule has 0 aromatic carbocycles. The van der Waals surface area contributed by atoms with Gasteiger partial charge in [0.05, 0.1) is 10.0 Å². The minimum absolute atomic E-state index is 0. The topological polar surface area (TPSA) is 48.2 Å². The monoisotopic (exact) mass is 211 g/mol. The van der Waals surface area contributed by atoms with Crippen molar-refractivity contribution in [2.75, 3.05) is 13.3 Å². The van der Waals surface area contributed by atoms with Crippen LogP contribution in [0.4, 0.5) is 0 Å². The number of sulfonamides is 1. The normalized spacial score (nSPS) is 10.0. The van der Waals surface area contributed by atoms with Gasteiger partial charge in [0, 0.05) is 6.26 Å². The third-order valence-corrected chi connectivity index (χ3v) is 0.995. The van der Waals surface area contributed by atoms with Crippen molar-refractivity contribution in [3.8, 4) is 0 Å². The molecule has 0 fully saturated rings. The van der Waals surface area contributed by atoms with Crippen molar-refractivity contribution < 1.29 is 27.9 Å². The van der Waals surface area contributed by atoms with E-state index < -0.39 is 10.0 Å². The van der Waals surface area contributed by atoms with Crippen LogP contribution in [0.5, 0.6) is 0 Å². The Bertz CT molecular complexity index is 118. The van der Waals surface area contributed by atoms with Crippen molar-refractivity contribution in [1.82, 2.24) is 0 Å². The van der Waals surface area contributed by atoms with Gasteiger partial charge in [0.15, 0.2) is 0 Å². The average Bonchev–Trinajstić information content (AvgIpc) is 1.35. The predicted molar refractivity (Wildman–Crippen MR) is 24.1 cm³/mol. The van der Waals surface area contributed by atoms with E-state index in [-0.39, 0.29) is 19.5 Å². The Morgan fingerprint density at radius 2 is 1.57 bits per heavy atom. The fraction of sp³-hybridized carbons (Fsp3) is 1.00. The van der Waals surface area contributed by atoms with Gasteiger partial charge < -0.3 is 4.72 Å². The zero-order valence-electron chi connectivity index (χ0n) is 4.01. The van der Waals surface area contributed by atoms with Gasteiger partial charge in [-0.1, -0.05) is 0 Å². The summed E-state index contributed by atoms with van der Waals surface area (Å²) in [4.78, 5) is 0. The first kappa shape index (κ1) is 10.5. The molecule has 0 spiro atoms. The first-order chi connectivity index (χ1) is 2.56. The average molecular weight is 211 g/mol. The molecule has 45 valence electrons. The van der Waals surface area contributed by atoms with Gasteiger partial charge in [-0.15, -0.1) is 0 Å². The van der Waals surface area contributed by atoms with E-state index in [4.69, 9.17) is 0 Å². The zero-order chi connectivity index (χ0) is 5.21. The van der Waals surface area contributed by atoms with Crippen molar-refractivity contribution in [3.05, 3.63) is 4.72 Å². The van der Waals surface area contributed by atoms with Gasteiger partial charge in [-0.3, -0.25) is 0 Å². The molecule has 0 aliphatic heterocycles. The van der Waals surface area contributed by atoms with Gasteiger partial charge in [-0.05, 0) is 0 Å². The Hall–Kier alpha value is 0.533. The van der Waals surface area contributed by atoms with Gasteiger partial charge in [-0.2, -0.15) is 7.05 Å². The summed E-state index contributed by atoms with van der Waals surface area (Å²) in [5.41, 5.74) is 0. The van der Waals surface area contributed by atoms with E-state index in [0.29, 0.717) is 0 Å². The molecule has 0 aliphatic rings. The van der Waals surface area contributed by atoms with Crippen molar-refractivity contribution in [2.45, 2.75) is 0 Å². The minimum atomic E-state index is -3.04. The Morgan fingerprint density at radius 1 is 1.43 bits per heavy atom. The van der Waals surface area contributed by atoms with E-state index in [0.717, 1.165) is 6.26 Å². The second-order valence-electron chi connectivity index (χ2n) is 0.916. The first-order valence-electron chi connectivity index (χ1n) is 1.37. The molecular formula is C2H6NO2RhS+. The van der Waals surface area contributed by atoms with Crippen LogP contribution in [0.15, 0.2) is 0 Å². The van der Waals surface area contributed by atoms with Gasteiger partial charge in [0.1, 0.15) is 0 Å². The van der Waals surface area contributed by atoms with Crippen LogP contribution in [-0.2, 0) is 29.5 Å². The fourth-order valence-electron chi connectivity index (χ4n) is 0. The third kappa shape index (κ3) is 10.8. The van der Waals surface area contributed by atoms with Crippen molar-refractivity contribution in [3.63, 3.8) is 0 Å². The SMILES string of the molecule is C[N-]S(C)(=O)=O.[Rh+2]. The summed E-state index contributed by atoms with van der Waals surface area (Å²) in [6.07, 6.45) is 1.05. The van der Waals surface area contributed by atoms with E-state index in [1.54, 1.807) is 0 Å². The summed E-state index contributed by atoms with van der Waals surface area (Å²) >= 11 is 0. The summed E-state index contributed by atoms with van der Waals surface area (Å²) in [6, 6.07) is 0. The molecule has 0 rings (SSSR count). The second kappa shape index (κ2) is 3.52. The molecule has 3 nitrogen and oxygen atoms in total. The maximum Gasteiger partial charge on any atom is 2.00 e. The number of nitrogens with zero attached hydrogens (tertiary/aromatic N) is 1. The molecule has 0 saturated heterocycles. The predicted octanol–water partition coefficient (Wildman–Crippen LogP) is -0.0530. The smallest absolute Gasteiger partial charge is 0.552 e.